The average Bonchev–Trinajstić information content (AvgIpc) is 2.37. The van der Waals surface area contributed by atoms with Crippen molar-refractivity contribution in [3.05, 3.63) is 46.8 Å². The average molecular weight is 291 g/mol. The first-order chi connectivity index (χ1) is 9.33. The Bertz CT molecular complexity index is 715. The van der Waals surface area contributed by atoms with Gasteiger partial charge in [-0.3, -0.25) is 0 Å². The number of hydrogen-bond acceptors (Lipinski definition) is 4. The summed E-state index contributed by atoms with van der Waals surface area (Å²) in [4.78, 5) is 8.09. The zero-order valence-electron chi connectivity index (χ0n) is 11.9. The number of nitrogens with zero attached hydrogens (tertiary/aromatic N) is 2. The first-order valence-corrected chi connectivity index (χ1v) is 7.68. The molecule has 2 aromatic rings. The highest BCUT2D eigenvalue weighted by Crippen LogP contribution is 2.27. The Hall–Kier alpha value is -1.95. The lowest BCUT2D eigenvalue weighted by atomic mass is 10.0. The van der Waals surface area contributed by atoms with E-state index in [-0.39, 0.29) is 5.95 Å². The molecule has 1 aromatic heterocycles. The molecule has 0 atom stereocenters. The molecular formula is C14H17N3O2S. The van der Waals surface area contributed by atoms with Crippen LogP contribution in [0.3, 0.4) is 0 Å². The molecule has 1 heterocycles. The second-order valence-corrected chi connectivity index (χ2v) is 6.39. The molecule has 0 saturated carbocycles. The van der Waals surface area contributed by atoms with Gasteiger partial charge in [-0.25, -0.2) is 23.1 Å². The summed E-state index contributed by atoms with van der Waals surface area (Å²) in [5, 5.41) is 0. The molecule has 2 rings (SSSR count). The van der Waals surface area contributed by atoms with Crippen molar-refractivity contribution in [2.24, 2.45) is 0 Å². The van der Waals surface area contributed by atoms with Gasteiger partial charge in [-0.05, 0) is 56.0 Å². The van der Waals surface area contributed by atoms with Crippen molar-refractivity contribution < 1.29 is 8.42 Å². The Balaban J connectivity index is 2.56. The van der Waals surface area contributed by atoms with Crippen LogP contribution in [0.15, 0.2) is 29.4 Å². The summed E-state index contributed by atoms with van der Waals surface area (Å²) < 4.78 is 27.5. The third kappa shape index (κ3) is 2.65. The smallest absolute Gasteiger partial charge is 0.247 e. The van der Waals surface area contributed by atoms with E-state index < -0.39 is 10.0 Å². The molecule has 5 nitrogen and oxygen atoms in total. The molecule has 1 aromatic carbocycles. The van der Waals surface area contributed by atoms with Crippen molar-refractivity contribution in [1.29, 1.82) is 0 Å². The standard InChI is InChI=1S/C14H17N3O2S/c1-9-8-10(2)12(4)13(11(9)3)20(18,19)17-14-15-6-5-7-16-14/h5-8H,1-4H3,(H,15,16,17). The molecule has 0 aliphatic rings. The van der Waals surface area contributed by atoms with Crippen LogP contribution in [0.2, 0.25) is 0 Å². The van der Waals surface area contributed by atoms with E-state index in [0.29, 0.717) is 4.90 Å². The summed E-state index contributed by atoms with van der Waals surface area (Å²) in [6.45, 7) is 7.42. The van der Waals surface area contributed by atoms with Crippen LogP contribution in [0.1, 0.15) is 22.3 Å². The molecule has 0 aliphatic carbocycles. The Kier molecular flexibility index (Phi) is 3.76. The van der Waals surface area contributed by atoms with Crippen LogP contribution in [-0.2, 0) is 10.0 Å². The zero-order chi connectivity index (χ0) is 14.9. The van der Waals surface area contributed by atoms with E-state index in [1.807, 2.05) is 33.8 Å². The molecule has 20 heavy (non-hydrogen) atoms. The number of benzene rings is 1. The summed E-state index contributed by atoms with van der Waals surface area (Å²) in [6.07, 6.45) is 2.98. The van der Waals surface area contributed by atoms with E-state index >= 15 is 0 Å². The molecule has 0 radical (unpaired) electrons. The van der Waals surface area contributed by atoms with Gasteiger partial charge in [0.05, 0.1) is 4.90 Å². The molecule has 0 fully saturated rings. The summed E-state index contributed by atoms with van der Waals surface area (Å²) >= 11 is 0. The lowest BCUT2D eigenvalue weighted by Crippen LogP contribution is -2.18. The normalized spacial score (nSPS) is 11.4. The SMILES string of the molecule is Cc1cc(C)c(C)c(S(=O)(=O)Nc2ncccn2)c1C. The highest BCUT2D eigenvalue weighted by atomic mass is 32.2. The summed E-state index contributed by atoms with van der Waals surface area (Å²) in [7, 11) is -3.69. The van der Waals surface area contributed by atoms with Gasteiger partial charge in [-0.1, -0.05) is 6.07 Å². The van der Waals surface area contributed by atoms with E-state index in [0.717, 1.165) is 22.3 Å². The van der Waals surface area contributed by atoms with Crippen LogP contribution in [0.25, 0.3) is 0 Å². The predicted molar refractivity (Wildman–Crippen MR) is 78.2 cm³/mol. The van der Waals surface area contributed by atoms with Gasteiger partial charge in [0, 0.05) is 12.4 Å². The van der Waals surface area contributed by atoms with Gasteiger partial charge in [0.1, 0.15) is 0 Å². The van der Waals surface area contributed by atoms with Gasteiger partial charge >= 0.3 is 0 Å². The van der Waals surface area contributed by atoms with Gasteiger partial charge in [-0.15, -0.1) is 0 Å². The maximum atomic E-state index is 12.6. The van der Waals surface area contributed by atoms with Gasteiger partial charge in [0.25, 0.3) is 10.0 Å². The van der Waals surface area contributed by atoms with Crippen molar-refractivity contribution >= 4 is 16.0 Å². The van der Waals surface area contributed by atoms with Gasteiger partial charge in [0.2, 0.25) is 5.95 Å². The monoisotopic (exact) mass is 291 g/mol. The zero-order valence-corrected chi connectivity index (χ0v) is 12.7. The van der Waals surface area contributed by atoms with Crippen LogP contribution in [0.5, 0.6) is 0 Å². The maximum Gasteiger partial charge on any atom is 0.264 e. The number of nitrogens with one attached hydrogen (secondary N) is 1. The first-order valence-electron chi connectivity index (χ1n) is 6.20. The first kappa shape index (κ1) is 14.5. The van der Waals surface area contributed by atoms with Crippen LogP contribution in [0.4, 0.5) is 5.95 Å². The quantitative estimate of drug-likeness (QED) is 0.943. The second kappa shape index (κ2) is 5.20. The van der Waals surface area contributed by atoms with Crippen LogP contribution in [-0.4, -0.2) is 18.4 Å². The molecule has 0 saturated heterocycles. The number of rotatable bonds is 3. The number of aromatic nitrogens is 2. The lowest BCUT2D eigenvalue weighted by Gasteiger charge is -2.15. The van der Waals surface area contributed by atoms with Crippen molar-refractivity contribution in [3.8, 4) is 0 Å². The Morgan fingerprint density at radius 2 is 1.45 bits per heavy atom. The molecule has 0 amide bonds. The van der Waals surface area contributed by atoms with Crippen LogP contribution < -0.4 is 4.72 Å². The topological polar surface area (TPSA) is 72.0 Å². The molecule has 6 heteroatoms. The molecule has 106 valence electrons. The van der Waals surface area contributed by atoms with E-state index in [2.05, 4.69) is 14.7 Å². The Morgan fingerprint density at radius 3 is 1.95 bits per heavy atom. The number of anilines is 1. The minimum atomic E-state index is -3.69. The molecule has 0 unspecified atom stereocenters. The summed E-state index contributed by atoms with van der Waals surface area (Å²) in [6, 6.07) is 3.62. The summed E-state index contributed by atoms with van der Waals surface area (Å²) in [5.74, 6) is 0.0745. The maximum absolute atomic E-state index is 12.6. The minimum Gasteiger partial charge on any atom is -0.247 e. The molecular weight excluding hydrogens is 274 g/mol. The third-order valence-electron chi connectivity index (χ3n) is 3.36. The molecule has 0 spiro atoms. The second-order valence-electron chi connectivity index (χ2n) is 4.77. The van der Waals surface area contributed by atoms with Crippen molar-refractivity contribution in [1.82, 2.24) is 9.97 Å². The largest absolute Gasteiger partial charge is 0.264 e. The van der Waals surface area contributed by atoms with Gasteiger partial charge in [0.15, 0.2) is 0 Å². The highest BCUT2D eigenvalue weighted by molar-refractivity contribution is 7.92. The highest BCUT2D eigenvalue weighted by Gasteiger charge is 2.22. The Labute approximate surface area is 119 Å². The number of sulfonamides is 1. The van der Waals surface area contributed by atoms with Crippen LogP contribution >= 0.6 is 0 Å². The third-order valence-corrected chi connectivity index (χ3v) is 4.96. The van der Waals surface area contributed by atoms with Crippen molar-refractivity contribution in [2.75, 3.05) is 4.72 Å². The van der Waals surface area contributed by atoms with Crippen molar-refractivity contribution in [2.45, 2.75) is 32.6 Å². The fourth-order valence-corrected chi connectivity index (χ4v) is 3.68. The number of aryl methyl sites for hydroxylation is 2. The molecule has 1 N–H and O–H groups in total. The predicted octanol–water partition coefficient (Wildman–Crippen LogP) is 2.51. The molecule has 0 bridgehead atoms. The number of hydrogen-bond donors (Lipinski definition) is 1. The van der Waals surface area contributed by atoms with E-state index in [1.165, 1.54) is 12.4 Å². The van der Waals surface area contributed by atoms with Crippen LogP contribution in [0, 0.1) is 27.7 Å². The fraction of sp³-hybridized carbons (Fsp3) is 0.286. The summed E-state index contributed by atoms with van der Waals surface area (Å²) in [5.41, 5.74) is 3.39. The molecule has 0 aliphatic heterocycles. The van der Waals surface area contributed by atoms with E-state index in [9.17, 15) is 8.42 Å². The fourth-order valence-electron chi connectivity index (χ4n) is 2.11. The van der Waals surface area contributed by atoms with Gasteiger partial charge < -0.3 is 0 Å². The van der Waals surface area contributed by atoms with E-state index in [4.69, 9.17) is 0 Å². The van der Waals surface area contributed by atoms with Gasteiger partial charge in [-0.2, -0.15) is 0 Å². The van der Waals surface area contributed by atoms with E-state index in [1.54, 1.807) is 6.07 Å². The van der Waals surface area contributed by atoms with Crippen molar-refractivity contribution in [3.63, 3.8) is 0 Å². The lowest BCUT2D eigenvalue weighted by molar-refractivity contribution is 0.599. The minimum absolute atomic E-state index is 0.0745. The Morgan fingerprint density at radius 1 is 0.950 bits per heavy atom.